The number of hydrogen-bond acceptors (Lipinski definition) is 12. The van der Waals surface area contributed by atoms with Crippen LogP contribution < -0.4 is 5.73 Å². The zero-order valence-corrected chi connectivity index (χ0v) is 14.9. The van der Waals surface area contributed by atoms with Gasteiger partial charge in [-0.25, -0.2) is 5.26 Å². The van der Waals surface area contributed by atoms with Crippen molar-refractivity contribution in [1.82, 2.24) is 0 Å². The molecule has 2 rings (SSSR count). The molecule has 2 aromatic carbocycles. The van der Waals surface area contributed by atoms with Crippen LogP contribution in [0.15, 0.2) is 42.4 Å². The van der Waals surface area contributed by atoms with Crippen molar-refractivity contribution in [2.75, 3.05) is 19.8 Å². The third kappa shape index (κ3) is 3.74. The van der Waals surface area contributed by atoms with Gasteiger partial charge < -0.3 is 10.8 Å². The average Bonchev–Trinajstić information content (AvgIpc) is 2.57. The fraction of sp³-hybridized carbons (Fsp3) is 0.167. The van der Waals surface area contributed by atoms with Crippen LogP contribution in [0.5, 0.6) is 5.75 Å². The number of nitrogens with two attached hydrogens (primary N) is 1. The molecular weight excluding hydrogens is 390 g/mol. The molecule has 0 radical (unpaired) electrons. The lowest BCUT2D eigenvalue weighted by Crippen LogP contribution is -2.02. The maximum absolute atomic E-state index is 11.8. The first kappa shape index (κ1) is 20.0. The second-order valence-corrected chi connectivity index (χ2v) is 6.74. The van der Waals surface area contributed by atoms with Gasteiger partial charge in [-0.2, -0.15) is 28.9 Å². The monoisotopic (exact) mass is 403 g/mol. The number of anilines is 1. The van der Waals surface area contributed by atoms with E-state index in [1.54, 1.807) is 0 Å². The molecule has 0 amide bonds. The van der Waals surface area contributed by atoms with Crippen LogP contribution in [-0.4, -0.2) is 37.4 Å². The number of benzene rings is 2. The molecule has 12 nitrogen and oxygen atoms in total. The van der Waals surface area contributed by atoms with Crippen LogP contribution in [0.25, 0.3) is 10.8 Å². The number of nitrogen functional groups attached to an aromatic ring is 1. The molecule has 26 heavy (non-hydrogen) atoms. The van der Waals surface area contributed by atoms with Crippen LogP contribution in [0.1, 0.15) is 0 Å². The SMILES string of the molecule is CN=Nc1cc(S(=O)(=O)O)c2cc(SOOO)c(N=NC)c(O)c2c1N. The zero-order valence-electron chi connectivity index (χ0n) is 13.3. The summed E-state index contributed by atoms with van der Waals surface area (Å²) < 4.78 is 37.4. The molecule has 0 heterocycles. The van der Waals surface area contributed by atoms with Crippen molar-refractivity contribution >= 4 is 50.0 Å². The molecule has 0 aliphatic heterocycles. The number of nitrogens with zero attached hydrogens (tertiary/aromatic N) is 4. The van der Waals surface area contributed by atoms with Crippen LogP contribution in [0, 0.1) is 0 Å². The van der Waals surface area contributed by atoms with Gasteiger partial charge in [-0.05, 0) is 12.1 Å². The first-order valence-electron chi connectivity index (χ1n) is 6.60. The Kier molecular flexibility index (Phi) is 6.06. The Labute approximate surface area is 151 Å². The van der Waals surface area contributed by atoms with E-state index < -0.39 is 20.8 Å². The third-order valence-corrected chi connectivity index (χ3v) is 4.67. The molecule has 5 N–H and O–H groups in total. The maximum Gasteiger partial charge on any atom is 0.295 e. The minimum Gasteiger partial charge on any atom is -0.505 e. The fourth-order valence-electron chi connectivity index (χ4n) is 2.22. The van der Waals surface area contributed by atoms with E-state index in [1.807, 2.05) is 0 Å². The topological polar surface area (TPSA) is 189 Å². The normalized spacial score (nSPS) is 12.6. The lowest BCUT2D eigenvalue weighted by molar-refractivity contribution is -0.432. The van der Waals surface area contributed by atoms with Gasteiger partial charge in [0.2, 0.25) is 0 Å². The molecule has 0 atom stereocenters. The minimum atomic E-state index is -4.72. The van der Waals surface area contributed by atoms with Crippen molar-refractivity contribution < 1.29 is 32.7 Å². The Hall–Kier alpha value is -2.36. The fourth-order valence-corrected chi connectivity index (χ4v) is 3.41. The lowest BCUT2D eigenvalue weighted by atomic mass is 10.0. The summed E-state index contributed by atoms with van der Waals surface area (Å²) in [4.78, 5) is -0.560. The number of azo groups is 2. The van der Waals surface area contributed by atoms with Gasteiger partial charge in [0.05, 0.1) is 28.0 Å². The molecule has 0 spiro atoms. The molecule has 0 unspecified atom stereocenters. The summed E-state index contributed by atoms with van der Waals surface area (Å²) in [5.41, 5.74) is 5.65. The molecule has 2 aromatic rings. The van der Waals surface area contributed by atoms with Crippen molar-refractivity contribution in [3.8, 4) is 5.75 Å². The van der Waals surface area contributed by atoms with Crippen molar-refractivity contribution in [3.05, 3.63) is 12.1 Å². The van der Waals surface area contributed by atoms with E-state index in [4.69, 9.17) is 11.0 Å². The van der Waals surface area contributed by atoms with E-state index in [1.165, 1.54) is 20.2 Å². The van der Waals surface area contributed by atoms with E-state index in [2.05, 4.69) is 29.8 Å². The molecule has 140 valence electrons. The highest BCUT2D eigenvalue weighted by molar-refractivity contribution is 7.94. The molecule has 0 aromatic heterocycles. The van der Waals surface area contributed by atoms with Crippen LogP contribution in [0.4, 0.5) is 17.1 Å². The van der Waals surface area contributed by atoms with Crippen LogP contribution in [-0.2, 0) is 19.5 Å². The van der Waals surface area contributed by atoms with Crippen LogP contribution >= 0.6 is 12.0 Å². The second-order valence-electron chi connectivity index (χ2n) is 4.60. The van der Waals surface area contributed by atoms with Crippen molar-refractivity contribution in [3.63, 3.8) is 0 Å². The second kappa shape index (κ2) is 7.90. The lowest BCUT2D eigenvalue weighted by Gasteiger charge is -2.14. The van der Waals surface area contributed by atoms with E-state index in [-0.39, 0.29) is 32.7 Å². The van der Waals surface area contributed by atoms with Crippen LogP contribution in [0.3, 0.4) is 0 Å². The van der Waals surface area contributed by atoms with E-state index in [9.17, 15) is 18.1 Å². The molecule has 0 bridgehead atoms. The zero-order chi connectivity index (χ0) is 19.5. The van der Waals surface area contributed by atoms with Gasteiger partial charge in [0, 0.05) is 19.5 Å². The average molecular weight is 403 g/mol. The van der Waals surface area contributed by atoms with Gasteiger partial charge in [-0.15, -0.1) is 4.33 Å². The van der Waals surface area contributed by atoms with Gasteiger partial charge in [0.15, 0.2) is 5.75 Å². The minimum absolute atomic E-state index is 0.0174. The molecule has 0 fully saturated rings. The Bertz CT molecular complexity index is 1010. The Morgan fingerprint density at radius 3 is 2.38 bits per heavy atom. The van der Waals surface area contributed by atoms with Gasteiger partial charge in [-0.3, -0.25) is 4.55 Å². The molecule has 0 saturated carbocycles. The Balaban J connectivity index is 3.05. The standard InChI is InChI=1S/C12H13N5O7S2/c1-14-16-6-4-8(26(20,21)22)5-3-7(25-24-23-19)11(17-15-2)12(18)9(5)10(6)13/h3-4,18-19H,13H2,1-2H3,(H,20,21,22). The third-order valence-electron chi connectivity index (χ3n) is 3.16. The smallest absolute Gasteiger partial charge is 0.295 e. The first-order chi connectivity index (χ1) is 12.3. The highest BCUT2D eigenvalue weighted by atomic mass is 32.2. The van der Waals surface area contributed by atoms with Gasteiger partial charge >= 0.3 is 0 Å². The predicted octanol–water partition coefficient (Wildman–Crippen LogP) is 3.23. The summed E-state index contributed by atoms with van der Waals surface area (Å²) in [6.07, 6.45) is 0. The van der Waals surface area contributed by atoms with Crippen molar-refractivity contribution in [2.45, 2.75) is 9.79 Å². The molecule has 0 saturated heterocycles. The predicted molar refractivity (Wildman–Crippen MR) is 91.4 cm³/mol. The van der Waals surface area contributed by atoms with E-state index in [0.29, 0.717) is 12.0 Å². The van der Waals surface area contributed by atoms with E-state index >= 15 is 0 Å². The number of rotatable bonds is 6. The molecule has 14 heteroatoms. The van der Waals surface area contributed by atoms with Gasteiger partial charge in [0.1, 0.15) is 16.3 Å². The number of phenols is 1. The first-order valence-corrected chi connectivity index (χ1v) is 8.78. The summed E-state index contributed by atoms with van der Waals surface area (Å²) in [6.45, 7) is 0. The van der Waals surface area contributed by atoms with Gasteiger partial charge in [0.25, 0.3) is 10.1 Å². The molecule has 0 aliphatic carbocycles. The largest absolute Gasteiger partial charge is 0.505 e. The van der Waals surface area contributed by atoms with Crippen molar-refractivity contribution in [2.24, 2.45) is 20.5 Å². The highest BCUT2D eigenvalue weighted by Gasteiger charge is 2.25. The Morgan fingerprint density at radius 2 is 1.85 bits per heavy atom. The number of aromatic hydroxyl groups is 1. The van der Waals surface area contributed by atoms with Crippen LogP contribution in [0.2, 0.25) is 0 Å². The summed E-state index contributed by atoms with van der Waals surface area (Å²) in [5, 5.41) is 36.6. The summed E-state index contributed by atoms with van der Waals surface area (Å²) >= 11 is 0.410. The van der Waals surface area contributed by atoms with E-state index in [0.717, 1.165) is 6.07 Å². The van der Waals surface area contributed by atoms with Gasteiger partial charge in [-0.1, -0.05) is 5.04 Å². The Morgan fingerprint density at radius 1 is 1.19 bits per heavy atom. The maximum atomic E-state index is 11.8. The summed E-state index contributed by atoms with van der Waals surface area (Å²) in [7, 11) is -2.06. The summed E-state index contributed by atoms with van der Waals surface area (Å²) in [5.74, 6) is -0.548. The number of phenolic OH excluding ortho intramolecular Hbond substituents is 1. The number of fused-ring (bicyclic) bond motifs is 1. The molecular formula is C12H13N5O7S2. The quantitative estimate of drug-likeness (QED) is 0.140. The van der Waals surface area contributed by atoms with Crippen molar-refractivity contribution in [1.29, 1.82) is 0 Å². The molecule has 0 aliphatic rings. The highest BCUT2D eigenvalue weighted by Crippen LogP contribution is 2.49. The summed E-state index contributed by atoms with van der Waals surface area (Å²) in [6, 6.07) is 2.20. The number of hydrogen-bond donors (Lipinski definition) is 4.